The Hall–Kier alpha value is -1.35. The first-order chi connectivity index (χ1) is 9.28. The summed E-state index contributed by atoms with van der Waals surface area (Å²) in [5, 5.41) is 3.44. The van der Waals surface area contributed by atoms with Crippen LogP contribution in [0.2, 0.25) is 0 Å². The van der Waals surface area contributed by atoms with Gasteiger partial charge in [-0.1, -0.05) is 25.5 Å². The van der Waals surface area contributed by atoms with Crippen molar-refractivity contribution in [3.05, 3.63) is 29.8 Å². The van der Waals surface area contributed by atoms with Gasteiger partial charge in [-0.3, -0.25) is 4.79 Å². The maximum atomic E-state index is 12.3. The Morgan fingerprint density at radius 1 is 1.21 bits per heavy atom. The number of amides is 1. The van der Waals surface area contributed by atoms with E-state index in [2.05, 4.69) is 36.5 Å². The zero-order valence-corrected chi connectivity index (χ0v) is 11.6. The van der Waals surface area contributed by atoms with Gasteiger partial charge in [0.15, 0.2) is 0 Å². The van der Waals surface area contributed by atoms with Crippen LogP contribution in [0.25, 0.3) is 0 Å². The minimum Gasteiger partial charge on any atom is -0.311 e. The van der Waals surface area contributed by atoms with Crippen LogP contribution in [-0.4, -0.2) is 24.5 Å². The summed E-state index contributed by atoms with van der Waals surface area (Å²) in [7, 11) is 0. The first-order valence-electron chi connectivity index (χ1n) is 7.44. The van der Waals surface area contributed by atoms with E-state index in [0.717, 1.165) is 31.5 Å². The van der Waals surface area contributed by atoms with E-state index >= 15 is 0 Å². The quantitative estimate of drug-likeness (QED) is 0.880. The van der Waals surface area contributed by atoms with Crippen LogP contribution in [0.5, 0.6) is 0 Å². The van der Waals surface area contributed by atoms with E-state index in [9.17, 15) is 4.79 Å². The lowest BCUT2D eigenvalue weighted by Gasteiger charge is -2.17. The van der Waals surface area contributed by atoms with Crippen molar-refractivity contribution < 1.29 is 4.79 Å². The lowest BCUT2D eigenvalue weighted by atomic mass is 10.1. The van der Waals surface area contributed by atoms with Crippen LogP contribution in [0, 0.1) is 0 Å². The van der Waals surface area contributed by atoms with Crippen LogP contribution in [0.3, 0.4) is 0 Å². The van der Waals surface area contributed by atoms with Crippen molar-refractivity contribution in [3.8, 4) is 0 Å². The number of carbonyl (C=O) groups is 1. The number of nitrogens with zero attached hydrogens (tertiary/aromatic N) is 1. The minimum absolute atomic E-state index is 0.0443. The number of carbonyl (C=O) groups excluding carboxylic acids is 1. The Morgan fingerprint density at radius 2 is 1.95 bits per heavy atom. The molecule has 0 radical (unpaired) electrons. The average molecular weight is 258 g/mol. The topological polar surface area (TPSA) is 32.3 Å². The highest BCUT2D eigenvalue weighted by atomic mass is 16.2. The number of hydrogen-bond donors (Lipinski definition) is 1. The van der Waals surface area contributed by atoms with Crippen LogP contribution in [0.4, 0.5) is 5.69 Å². The van der Waals surface area contributed by atoms with Gasteiger partial charge in [-0.25, -0.2) is 0 Å². The second kappa shape index (κ2) is 5.33. The molecule has 102 valence electrons. The van der Waals surface area contributed by atoms with Crippen molar-refractivity contribution in [2.75, 3.05) is 11.4 Å². The number of anilines is 1. The van der Waals surface area contributed by atoms with Gasteiger partial charge in [0.2, 0.25) is 5.91 Å². The lowest BCUT2D eigenvalue weighted by Crippen LogP contribution is -2.39. The predicted molar refractivity (Wildman–Crippen MR) is 77.4 cm³/mol. The van der Waals surface area contributed by atoms with E-state index < -0.39 is 0 Å². The Kier molecular flexibility index (Phi) is 3.56. The maximum absolute atomic E-state index is 12.3. The third-order valence-corrected chi connectivity index (χ3v) is 4.01. The molecule has 1 aliphatic carbocycles. The highest BCUT2D eigenvalue weighted by Crippen LogP contribution is 2.26. The van der Waals surface area contributed by atoms with Gasteiger partial charge in [-0.2, -0.15) is 0 Å². The zero-order valence-electron chi connectivity index (χ0n) is 11.6. The third kappa shape index (κ3) is 2.81. The summed E-state index contributed by atoms with van der Waals surface area (Å²) in [5.74, 6) is 0.246. The summed E-state index contributed by atoms with van der Waals surface area (Å²) in [6.07, 6.45) is 5.67. The van der Waals surface area contributed by atoms with Crippen LogP contribution in [0.15, 0.2) is 24.3 Å². The van der Waals surface area contributed by atoms with Crippen LogP contribution >= 0.6 is 0 Å². The summed E-state index contributed by atoms with van der Waals surface area (Å²) in [4.78, 5) is 14.3. The second-order valence-electron chi connectivity index (χ2n) is 5.69. The Morgan fingerprint density at radius 3 is 2.58 bits per heavy atom. The summed E-state index contributed by atoms with van der Waals surface area (Å²) in [5.41, 5.74) is 2.40. The molecule has 3 nitrogen and oxygen atoms in total. The number of hydrogen-bond acceptors (Lipinski definition) is 2. The number of nitrogens with one attached hydrogen (secondary N) is 1. The molecule has 1 aromatic carbocycles. The zero-order chi connectivity index (χ0) is 13.2. The van der Waals surface area contributed by atoms with Crippen molar-refractivity contribution in [1.82, 2.24) is 5.32 Å². The van der Waals surface area contributed by atoms with Gasteiger partial charge >= 0.3 is 0 Å². The SMILES string of the molecule is CCCc1ccc(N2CCC(NC3CC3)C2=O)cc1. The van der Waals surface area contributed by atoms with Crippen molar-refractivity contribution >= 4 is 11.6 Å². The van der Waals surface area contributed by atoms with Crippen molar-refractivity contribution in [3.63, 3.8) is 0 Å². The van der Waals surface area contributed by atoms with Gasteiger partial charge in [-0.05, 0) is 43.4 Å². The Labute approximate surface area is 115 Å². The predicted octanol–water partition coefficient (Wildman–Crippen LogP) is 2.50. The second-order valence-corrected chi connectivity index (χ2v) is 5.69. The van der Waals surface area contributed by atoms with Gasteiger partial charge < -0.3 is 10.2 Å². The molecule has 1 aromatic rings. The number of aryl methyl sites for hydroxylation is 1. The third-order valence-electron chi connectivity index (χ3n) is 4.01. The van der Waals surface area contributed by atoms with Crippen molar-refractivity contribution in [2.45, 2.75) is 51.1 Å². The highest BCUT2D eigenvalue weighted by Gasteiger charge is 2.36. The molecule has 0 aromatic heterocycles. The van der Waals surface area contributed by atoms with Gasteiger partial charge in [-0.15, -0.1) is 0 Å². The molecular formula is C16H22N2O. The molecule has 1 heterocycles. The summed E-state index contributed by atoms with van der Waals surface area (Å²) in [6, 6.07) is 9.11. The smallest absolute Gasteiger partial charge is 0.244 e. The van der Waals surface area contributed by atoms with Crippen LogP contribution in [0.1, 0.15) is 38.2 Å². The van der Waals surface area contributed by atoms with Gasteiger partial charge in [0.05, 0.1) is 6.04 Å². The fourth-order valence-electron chi connectivity index (χ4n) is 2.76. The van der Waals surface area contributed by atoms with Crippen LogP contribution < -0.4 is 10.2 Å². The summed E-state index contributed by atoms with van der Waals surface area (Å²) in [6.45, 7) is 3.03. The molecule has 19 heavy (non-hydrogen) atoms. The van der Waals surface area contributed by atoms with E-state index in [1.165, 1.54) is 18.4 Å². The van der Waals surface area contributed by atoms with E-state index in [1.807, 2.05) is 4.90 Å². The molecule has 2 aliphatic rings. The molecule has 1 atom stereocenters. The molecule has 1 unspecified atom stereocenters. The molecule has 0 spiro atoms. The first-order valence-corrected chi connectivity index (χ1v) is 7.44. The van der Waals surface area contributed by atoms with Crippen molar-refractivity contribution in [1.29, 1.82) is 0 Å². The largest absolute Gasteiger partial charge is 0.311 e. The molecular weight excluding hydrogens is 236 g/mol. The highest BCUT2D eigenvalue weighted by molar-refractivity contribution is 5.99. The lowest BCUT2D eigenvalue weighted by molar-refractivity contribution is -0.118. The monoisotopic (exact) mass is 258 g/mol. The molecule has 1 N–H and O–H groups in total. The minimum atomic E-state index is 0.0443. The number of benzene rings is 1. The maximum Gasteiger partial charge on any atom is 0.244 e. The molecule has 1 aliphatic heterocycles. The molecule has 1 saturated carbocycles. The molecule has 1 amide bonds. The van der Waals surface area contributed by atoms with E-state index in [1.54, 1.807) is 0 Å². The summed E-state index contributed by atoms with van der Waals surface area (Å²) >= 11 is 0. The molecule has 2 fully saturated rings. The van der Waals surface area contributed by atoms with Gasteiger partial charge in [0.1, 0.15) is 0 Å². The van der Waals surface area contributed by atoms with E-state index in [4.69, 9.17) is 0 Å². The molecule has 0 bridgehead atoms. The average Bonchev–Trinajstić information content (AvgIpc) is 3.16. The van der Waals surface area contributed by atoms with Crippen LogP contribution in [-0.2, 0) is 11.2 Å². The van der Waals surface area contributed by atoms with Crippen molar-refractivity contribution in [2.24, 2.45) is 0 Å². The number of rotatable bonds is 5. The molecule has 3 heteroatoms. The Balaban J connectivity index is 1.66. The normalized spacial score (nSPS) is 23.1. The fraction of sp³-hybridized carbons (Fsp3) is 0.562. The van der Waals surface area contributed by atoms with E-state index in [0.29, 0.717) is 6.04 Å². The van der Waals surface area contributed by atoms with Gasteiger partial charge in [0, 0.05) is 18.3 Å². The fourth-order valence-corrected chi connectivity index (χ4v) is 2.76. The van der Waals surface area contributed by atoms with Gasteiger partial charge in [0.25, 0.3) is 0 Å². The first kappa shape index (κ1) is 12.7. The van der Waals surface area contributed by atoms with E-state index in [-0.39, 0.29) is 11.9 Å². The summed E-state index contributed by atoms with van der Waals surface area (Å²) < 4.78 is 0. The Bertz CT molecular complexity index is 450. The molecule has 1 saturated heterocycles. The standard InChI is InChI=1S/C16H22N2O/c1-2-3-12-4-8-14(9-5-12)18-11-10-15(16(18)19)17-13-6-7-13/h4-5,8-9,13,15,17H,2-3,6-7,10-11H2,1H3. The molecule has 3 rings (SSSR count).